The summed E-state index contributed by atoms with van der Waals surface area (Å²) in [6, 6.07) is 8.28. The molecule has 6 heteroatoms. The van der Waals surface area contributed by atoms with Gasteiger partial charge < -0.3 is 14.4 Å². The zero-order valence-corrected chi connectivity index (χ0v) is 15.2. The molecule has 1 unspecified atom stereocenters. The van der Waals surface area contributed by atoms with Crippen LogP contribution in [0.5, 0.6) is 0 Å². The van der Waals surface area contributed by atoms with Crippen LogP contribution >= 0.6 is 11.3 Å². The first-order valence-electron chi connectivity index (χ1n) is 9.18. The van der Waals surface area contributed by atoms with Crippen molar-refractivity contribution in [1.82, 2.24) is 9.88 Å². The Morgan fingerprint density at radius 2 is 2.08 bits per heavy atom. The van der Waals surface area contributed by atoms with Gasteiger partial charge in [0.15, 0.2) is 6.29 Å². The van der Waals surface area contributed by atoms with Gasteiger partial charge in [0.25, 0.3) is 0 Å². The van der Waals surface area contributed by atoms with Crippen molar-refractivity contribution in [2.45, 2.75) is 50.9 Å². The predicted molar refractivity (Wildman–Crippen MR) is 97.6 cm³/mol. The molecule has 2 aromatic rings. The van der Waals surface area contributed by atoms with Crippen LogP contribution in [0.3, 0.4) is 0 Å². The van der Waals surface area contributed by atoms with Gasteiger partial charge in [-0.3, -0.25) is 4.79 Å². The standard InChI is InChI=1S/C19H24N2O3S/c22-18(21-11-4-3-7-15(21)19-23-12-13-24-19)10-5-9-17-20-14-6-1-2-8-16(14)25-17/h1-2,6,8,15,19H,3-5,7,9-13H2. The van der Waals surface area contributed by atoms with Gasteiger partial charge in [-0.15, -0.1) is 11.3 Å². The molecule has 0 bridgehead atoms. The first-order valence-corrected chi connectivity index (χ1v) is 10.00. The van der Waals surface area contributed by atoms with E-state index >= 15 is 0 Å². The van der Waals surface area contributed by atoms with Crippen molar-refractivity contribution in [2.24, 2.45) is 0 Å². The van der Waals surface area contributed by atoms with Crippen LogP contribution in [0, 0.1) is 0 Å². The lowest BCUT2D eigenvalue weighted by atomic mass is 10.0. The van der Waals surface area contributed by atoms with E-state index in [4.69, 9.17) is 9.47 Å². The minimum Gasteiger partial charge on any atom is -0.348 e. The Bertz CT molecular complexity index is 693. The van der Waals surface area contributed by atoms with E-state index in [0.29, 0.717) is 19.6 Å². The second-order valence-electron chi connectivity index (χ2n) is 6.69. The molecule has 2 aliphatic heterocycles. The number of para-hydroxylation sites is 1. The highest BCUT2D eigenvalue weighted by Gasteiger charge is 2.35. The summed E-state index contributed by atoms with van der Waals surface area (Å²) < 4.78 is 12.5. The number of thiazole rings is 1. The number of hydrogen-bond donors (Lipinski definition) is 0. The Balaban J connectivity index is 1.32. The highest BCUT2D eigenvalue weighted by atomic mass is 32.1. The molecule has 2 fully saturated rings. The first kappa shape index (κ1) is 16.9. The maximum absolute atomic E-state index is 12.7. The molecule has 25 heavy (non-hydrogen) atoms. The molecule has 1 aromatic carbocycles. The highest BCUT2D eigenvalue weighted by molar-refractivity contribution is 7.18. The Kier molecular flexibility index (Phi) is 5.29. The van der Waals surface area contributed by atoms with Crippen LogP contribution in [0.4, 0.5) is 0 Å². The van der Waals surface area contributed by atoms with Crippen LogP contribution in [0.2, 0.25) is 0 Å². The van der Waals surface area contributed by atoms with Crippen LogP contribution in [0.25, 0.3) is 10.2 Å². The molecule has 1 atom stereocenters. The summed E-state index contributed by atoms with van der Waals surface area (Å²) in [7, 11) is 0. The maximum Gasteiger partial charge on any atom is 0.223 e. The fourth-order valence-corrected chi connectivity index (χ4v) is 4.72. The second-order valence-corrected chi connectivity index (χ2v) is 7.80. The summed E-state index contributed by atoms with van der Waals surface area (Å²) in [6.07, 6.45) is 5.24. The van der Waals surface area contributed by atoms with Crippen molar-refractivity contribution in [1.29, 1.82) is 0 Å². The normalized spacial score (nSPS) is 21.9. The highest BCUT2D eigenvalue weighted by Crippen LogP contribution is 2.26. The van der Waals surface area contributed by atoms with E-state index in [0.717, 1.165) is 49.2 Å². The van der Waals surface area contributed by atoms with Gasteiger partial charge in [-0.2, -0.15) is 0 Å². The van der Waals surface area contributed by atoms with E-state index in [1.165, 1.54) is 4.70 Å². The van der Waals surface area contributed by atoms with Crippen LogP contribution in [-0.4, -0.2) is 47.9 Å². The van der Waals surface area contributed by atoms with Gasteiger partial charge in [0.1, 0.15) is 0 Å². The monoisotopic (exact) mass is 360 g/mol. The van der Waals surface area contributed by atoms with Crippen LogP contribution in [0.1, 0.15) is 37.1 Å². The van der Waals surface area contributed by atoms with E-state index in [2.05, 4.69) is 11.1 Å². The number of aromatic nitrogens is 1. The summed E-state index contributed by atoms with van der Waals surface area (Å²) in [6.45, 7) is 2.11. The van der Waals surface area contributed by atoms with Gasteiger partial charge in [-0.05, 0) is 44.2 Å². The number of aryl methyl sites for hydroxylation is 1. The van der Waals surface area contributed by atoms with Gasteiger partial charge in [0.05, 0.1) is 34.5 Å². The molecule has 0 radical (unpaired) electrons. The molecule has 0 saturated carbocycles. The van der Waals surface area contributed by atoms with E-state index < -0.39 is 0 Å². The summed E-state index contributed by atoms with van der Waals surface area (Å²) in [5.74, 6) is 0.227. The van der Waals surface area contributed by atoms with Crippen molar-refractivity contribution >= 4 is 27.5 Å². The van der Waals surface area contributed by atoms with Crippen molar-refractivity contribution in [2.75, 3.05) is 19.8 Å². The SMILES string of the molecule is O=C(CCCc1nc2ccccc2s1)N1CCCCC1C1OCCO1. The lowest BCUT2D eigenvalue weighted by Gasteiger charge is -2.38. The molecule has 0 aliphatic carbocycles. The molecule has 4 rings (SSSR count). The van der Waals surface area contributed by atoms with Gasteiger partial charge in [0.2, 0.25) is 5.91 Å². The van der Waals surface area contributed by atoms with E-state index in [1.807, 2.05) is 23.1 Å². The lowest BCUT2D eigenvalue weighted by molar-refractivity contribution is -0.150. The number of carbonyl (C=O) groups excluding carboxylic acids is 1. The van der Waals surface area contributed by atoms with Crippen LogP contribution < -0.4 is 0 Å². The fourth-order valence-electron chi connectivity index (χ4n) is 3.71. The molecule has 1 aromatic heterocycles. The largest absolute Gasteiger partial charge is 0.348 e. The minimum absolute atomic E-state index is 0.0891. The van der Waals surface area contributed by atoms with Gasteiger partial charge in [-0.25, -0.2) is 4.98 Å². The molecule has 1 amide bonds. The average molecular weight is 360 g/mol. The maximum atomic E-state index is 12.7. The zero-order valence-electron chi connectivity index (χ0n) is 14.4. The zero-order chi connectivity index (χ0) is 17.1. The molecule has 0 N–H and O–H groups in total. The van der Waals surface area contributed by atoms with Crippen molar-refractivity contribution in [3.05, 3.63) is 29.3 Å². The smallest absolute Gasteiger partial charge is 0.223 e. The summed E-state index contributed by atoms with van der Waals surface area (Å²) >= 11 is 1.73. The van der Waals surface area contributed by atoms with Crippen molar-refractivity contribution < 1.29 is 14.3 Å². The Hall–Kier alpha value is -1.50. The third-order valence-corrected chi connectivity index (χ3v) is 6.05. The number of benzene rings is 1. The topological polar surface area (TPSA) is 51.7 Å². The number of ether oxygens (including phenoxy) is 2. The number of amides is 1. The number of rotatable bonds is 5. The Labute approximate surface area is 151 Å². The number of likely N-dealkylation sites (tertiary alicyclic amines) is 1. The molecule has 5 nitrogen and oxygen atoms in total. The molecule has 2 saturated heterocycles. The van der Waals surface area contributed by atoms with E-state index in [1.54, 1.807) is 11.3 Å². The van der Waals surface area contributed by atoms with Crippen molar-refractivity contribution in [3.8, 4) is 0 Å². The number of hydrogen-bond acceptors (Lipinski definition) is 5. The molecule has 134 valence electrons. The molecular formula is C19H24N2O3S. The quantitative estimate of drug-likeness (QED) is 0.820. The number of piperidine rings is 1. The van der Waals surface area contributed by atoms with Crippen molar-refractivity contribution in [3.63, 3.8) is 0 Å². The van der Waals surface area contributed by atoms with Gasteiger partial charge in [0, 0.05) is 13.0 Å². The average Bonchev–Trinajstić information content (AvgIpc) is 3.31. The third kappa shape index (κ3) is 3.86. The lowest BCUT2D eigenvalue weighted by Crippen LogP contribution is -2.50. The summed E-state index contributed by atoms with van der Waals surface area (Å²) in [5, 5.41) is 1.12. The second kappa shape index (κ2) is 7.81. The van der Waals surface area contributed by atoms with E-state index in [-0.39, 0.29) is 18.2 Å². The predicted octanol–water partition coefficient (Wildman–Crippen LogP) is 3.37. The van der Waals surface area contributed by atoms with Gasteiger partial charge in [-0.1, -0.05) is 12.1 Å². The summed E-state index contributed by atoms with van der Waals surface area (Å²) in [5.41, 5.74) is 1.06. The van der Waals surface area contributed by atoms with E-state index in [9.17, 15) is 4.79 Å². The Morgan fingerprint density at radius 3 is 2.92 bits per heavy atom. The first-order chi connectivity index (χ1) is 12.3. The fraction of sp³-hybridized carbons (Fsp3) is 0.579. The minimum atomic E-state index is -0.228. The van der Waals surface area contributed by atoms with Gasteiger partial charge >= 0.3 is 0 Å². The van der Waals surface area contributed by atoms with Crippen LogP contribution in [0.15, 0.2) is 24.3 Å². The molecule has 3 heterocycles. The molecule has 0 spiro atoms. The third-order valence-electron chi connectivity index (χ3n) is 4.95. The number of nitrogens with zero attached hydrogens (tertiary/aromatic N) is 2. The Morgan fingerprint density at radius 1 is 1.24 bits per heavy atom. The molecule has 2 aliphatic rings. The van der Waals surface area contributed by atoms with Crippen LogP contribution in [-0.2, 0) is 20.7 Å². The molecular weight excluding hydrogens is 336 g/mol. The number of carbonyl (C=O) groups is 1. The number of fused-ring (bicyclic) bond motifs is 1. The summed E-state index contributed by atoms with van der Waals surface area (Å²) in [4.78, 5) is 19.4.